The van der Waals surface area contributed by atoms with E-state index < -0.39 is 11.6 Å². The summed E-state index contributed by atoms with van der Waals surface area (Å²) >= 11 is 5.35. The molecule has 0 aliphatic heterocycles. The molecule has 0 spiro atoms. The average Bonchev–Trinajstić information content (AvgIpc) is 2.18. The van der Waals surface area contributed by atoms with Gasteiger partial charge < -0.3 is 4.74 Å². The van der Waals surface area contributed by atoms with Crippen molar-refractivity contribution < 1.29 is 13.5 Å². The Morgan fingerprint density at radius 3 is 2.64 bits per heavy atom. The molecule has 0 aliphatic carbocycles. The van der Waals surface area contributed by atoms with Gasteiger partial charge >= 0.3 is 0 Å². The van der Waals surface area contributed by atoms with Gasteiger partial charge in [0.15, 0.2) is 11.6 Å². The Hall–Kier alpha value is -0.870. The van der Waals surface area contributed by atoms with Crippen LogP contribution in [0.5, 0.6) is 5.75 Å². The van der Waals surface area contributed by atoms with Gasteiger partial charge in [0.2, 0.25) is 0 Å². The standard InChI is InChI=1S/C9H10ClF2NO/c1-14-9-3-7(11)6(2-8(9)12)4-13-5-10/h2-3,13H,4-5H2,1H3. The molecular formula is C9H10ClF2NO. The zero-order valence-corrected chi connectivity index (χ0v) is 8.37. The summed E-state index contributed by atoms with van der Waals surface area (Å²) in [5.74, 6) is -1.20. The Kier molecular flexibility index (Phi) is 4.10. The Morgan fingerprint density at radius 1 is 1.36 bits per heavy atom. The summed E-state index contributed by atoms with van der Waals surface area (Å²) in [7, 11) is 1.29. The van der Waals surface area contributed by atoms with Crippen LogP contribution in [0.3, 0.4) is 0 Å². The number of rotatable bonds is 4. The first-order valence-corrected chi connectivity index (χ1v) is 4.51. The Morgan fingerprint density at radius 2 is 2.07 bits per heavy atom. The molecule has 0 unspecified atom stereocenters. The van der Waals surface area contributed by atoms with E-state index in [0.717, 1.165) is 12.1 Å². The third-order valence-electron chi connectivity index (χ3n) is 1.73. The second-order valence-corrected chi connectivity index (χ2v) is 2.91. The van der Waals surface area contributed by atoms with E-state index in [4.69, 9.17) is 11.6 Å². The topological polar surface area (TPSA) is 21.3 Å². The Balaban J connectivity index is 2.90. The van der Waals surface area contributed by atoms with Crippen LogP contribution in [0.2, 0.25) is 0 Å². The van der Waals surface area contributed by atoms with Crippen molar-refractivity contribution in [2.75, 3.05) is 13.1 Å². The minimum absolute atomic E-state index is 0.0999. The van der Waals surface area contributed by atoms with Crippen molar-refractivity contribution in [3.63, 3.8) is 0 Å². The van der Waals surface area contributed by atoms with Crippen LogP contribution in [0.15, 0.2) is 12.1 Å². The van der Waals surface area contributed by atoms with Gasteiger partial charge in [-0.05, 0) is 6.07 Å². The summed E-state index contributed by atoms with van der Waals surface area (Å²) in [6.07, 6.45) is 0. The zero-order valence-electron chi connectivity index (χ0n) is 7.61. The van der Waals surface area contributed by atoms with E-state index in [1.54, 1.807) is 0 Å². The average molecular weight is 222 g/mol. The minimum atomic E-state index is -0.583. The van der Waals surface area contributed by atoms with Crippen LogP contribution in [-0.4, -0.2) is 13.1 Å². The summed E-state index contributed by atoms with van der Waals surface area (Å²) in [5.41, 5.74) is 0.226. The third-order valence-corrected chi connectivity index (χ3v) is 1.92. The van der Waals surface area contributed by atoms with Gasteiger partial charge in [0.25, 0.3) is 0 Å². The lowest BCUT2D eigenvalue weighted by Gasteiger charge is -2.06. The maximum Gasteiger partial charge on any atom is 0.165 e. The van der Waals surface area contributed by atoms with Crippen LogP contribution in [-0.2, 0) is 6.54 Å². The molecule has 0 radical (unpaired) electrons. The lowest BCUT2D eigenvalue weighted by molar-refractivity contribution is 0.381. The molecule has 0 aromatic heterocycles. The van der Waals surface area contributed by atoms with Crippen LogP contribution in [0, 0.1) is 11.6 Å². The minimum Gasteiger partial charge on any atom is -0.494 e. The molecule has 1 rings (SSSR count). The number of benzene rings is 1. The van der Waals surface area contributed by atoms with Crippen LogP contribution in [0.4, 0.5) is 8.78 Å². The fourth-order valence-electron chi connectivity index (χ4n) is 1.04. The van der Waals surface area contributed by atoms with Crippen molar-refractivity contribution in [1.82, 2.24) is 5.32 Å². The number of alkyl halides is 1. The molecule has 0 atom stereocenters. The normalized spacial score (nSPS) is 10.3. The van der Waals surface area contributed by atoms with Gasteiger partial charge in [-0.25, -0.2) is 8.78 Å². The van der Waals surface area contributed by atoms with E-state index in [1.165, 1.54) is 7.11 Å². The van der Waals surface area contributed by atoms with E-state index in [1.807, 2.05) is 0 Å². The summed E-state index contributed by atoms with van der Waals surface area (Å²) in [5, 5.41) is 2.69. The van der Waals surface area contributed by atoms with Crippen molar-refractivity contribution in [2.24, 2.45) is 0 Å². The lowest BCUT2D eigenvalue weighted by Crippen LogP contribution is -2.12. The van der Waals surface area contributed by atoms with Gasteiger partial charge in [-0.2, -0.15) is 0 Å². The van der Waals surface area contributed by atoms with Crippen molar-refractivity contribution in [1.29, 1.82) is 0 Å². The smallest absolute Gasteiger partial charge is 0.165 e. The van der Waals surface area contributed by atoms with Crippen LogP contribution in [0.25, 0.3) is 0 Å². The van der Waals surface area contributed by atoms with E-state index in [-0.39, 0.29) is 23.9 Å². The van der Waals surface area contributed by atoms with E-state index in [0.29, 0.717) is 0 Å². The highest BCUT2D eigenvalue weighted by Gasteiger charge is 2.09. The zero-order chi connectivity index (χ0) is 10.6. The molecule has 1 aromatic rings. The molecule has 1 aromatic carbocycles. The molecule has 0 saturated carbocycles. The number of nitrogens with one attached hydrogen (secondary N) is 1. The number of methoxy groups -OCH3 is 1. The molecule has 0 amide bonds. The Bertz CT molecular complexity index is 320. The Labute approximate surface area is 85.8 Å². The fourth-order valence-corrected chi connectivity index (χ4v) is 1.14. The third kappa shape index (κ3) is 2.56. The van der Waals surface area contributed by atoms with E-state index in [2.05, 4.69) is 10.1 Å². The van der Waals surface area contributed by atoms with Gasteiger partial charge in [0.05, 0.1) is 13.1 Å². The first-order valence-electron chi connectivity index (χ1n) is 3.97. The molecule has 0 aliphatic rings. The summed E-state index contributed by atoms with van der Waals surface area (Å²) in [6.45, 7) is 0.191. The maximum absolute atomic E-state index is 13.2. The number of hydrogen-bond donors (Lipinski definition) is 1. The molecule has 0 saturated heterocycles. The monoisotopic (exact) mass is 221 g/mol. The first kappa shape index (κ1) is 11.2. The summed E-state index contributed by atoms with van der Waals surface area (Å²) < 4.78 is 30.9. The first-order chi connectivity index (χ1) is 6.69. The van der Waals surface area contributed by atoms with E-state index >= 15 is 0 Å². The quantitative estimate of drug-likeness (QED) is 0.622. The highest BCUT2D eigenvalue weighted by Crippen LogP contribution is 2.20. The lowest BCUT2D eigenvalue weighted by atomic mass is 10.2. The molecule has 2 nitrogen and oxygen atoms in total. The molecule has 0 heterocycles. The van der Waals surface area contributed by atoms with Gasteiger partial charge in [0.1, 0.15) is 5.82 Å². The predicted molar refractivity (Wildman–Crippen MR) is 50.5 cm³/mol. The largest absolute Gasteiger partial charge is 0.494 e. The molecule has 78 valence electrons. The van der Waals surface area contributed by atoms with Crippen molar-refractivity contribution in [3.05, 3.63) is 29.3 Å². The van der Waals surface area contributed by atoms with Gasteiger partial charge in [0, 0.05) is 18.2 Å². The fraction of sp³-hybridized carbons (Fsp3) is 0.333. The highest BCUT2D eigenvalue weighted by molar-refractivity contribution is 6.17. The predicted octanol–water partition coefficient (Wildman–Crippen LogP) is 2.26. The molecule has 5 heteroatoms. The van der Waals surface area contributed by atoms with Crippen molar-refractivity contribution in [3.8, 4) is 5.75 Å². The van der Waals surface area contributed by atoms with Crippen molar-refractivity contribution in [2.45, 2.75) is 6.54 Å². The number of hydrogen-bond acceptors (Lipinski definition) is 2. The van der Waals surface area contributed by atoms with Crippen LogP contribution in [0.1, 0.15) is 5.56 Å². The second kappa shape index (κ2) is 5.12. The molecule has 14 heavy (non-hydrogen) atoms. The summed E-state index contributed by atoms with van der Waals surface area (Å²) in [4.78, 5) is 0. The van der Waals surface area contributed by atoms with Gasteiger partial charge in [-0.3, -0.25) is 5.32 Å². The maximum atomic E-state index is 13.2. The van der Waals surface area contributed by atoms with Crippen molar-refractivity contribution >= 4 is 11.6 Å². The highest BCUT2D eigenvalue weighted by atomic mass is 35.5. The number of ether oxygens (including phenoxy) is 1. The molecule has 1 N–H and O–H groups in total. The molecular weight excluding hydrogens is 212 g/mol. The number of halogens is 3. The van der Waals surface area contributed by atoms with E-state index in [9.17, 15) is 8.78 Å². The van der Waals surface area contributed by atoms with Crippen LogP contribution >= 0.6 is 11.6 Å². The van der Waals surface area contributed by atoms with Gasteiger partial charge in [-0.1, -0.05) is 0 Å². The van der Waals surface area contributed by atoms with Crippen LogP contribution < -0.4 is 10.1 Å². The molecule has 0 fully saturated rings. The SMILES string of the molecule is COc1cc(F)c(CNCCl)cc1F. The molecule has 0 bridgehead atoms. The second-order valence-electron chi connectivity index (χ2n) is 2.64. The summed E-state index contributed by atoms with van der Waals surface area (Å²) in [6, 6.07) is 2.29. The van der Waals surface area contributed by atoms with Gasteiger partial charge in [-0.15, -0.1) is 11.6 Å².